The van der Waals surface area contributed by atoms with E-state index in [-0.39, 0.29) is 11.8 Å². The van der Waals surface area contributed by atoms with Gasteiger partial charge in [-0.15, -0.1) is 0 Å². The van der Waals surface area contributed by atoms with Crippen LogP contribution in [0.15, 0.2) is 24.3 Å². The molecule has 1 rings (SSSR count). The molecular weight excluding hydrogens is 204 g/mol. The van der Waals surface area contributed by atoms with Crippen molar-refractivity contribution < 1.29 is 14.3 Å². The summed E-state index contributed by atoms with van der Waals surface area (Å²) in [5, 5.41) is 0. The number of ether oxygens (including phenoxy) is 1. The van der Waals surface area contributed by atoms with Crippen molar-refractivity contribution in [2.75, 3.05) is 6.61 Å². The summed E-state index contributed by atoms with van der Waals surface area (Å²) in [6, 6.07) is 7.79. The normalized spacial score (nSPS) is 9.88. The van der Waals surface area contributed by atoms with Crippen molar-refractivity contribution in [2.45, 2.75) is 26.7 Å². The van der Waals surface area contributed by atoms with Crippen LogP contribution in [-0.2, 0) is 27.2 Å². The molecular formula is C13H16O3. The van der Waals surface area contributed by atoms with Crippen LogP contribution < -0.4 is 0 Å². The van der Waals surface area contributed by atoms with Crippen LogP contribution in [0.5, 0.6) is 0 Å². The molecule has 0 heterocycles. The smallest absolute Gasteiger partial charge is 0.302 e. The van der Waals surface area contributed by atoms with E-state index in [1.54, 1.807) is 6.92 Å². The van der Waals surface area contributed by atoms with Gasteiger partial charge in [-0.2, -0.15) is 0 Å². The van der Waals surface area contributed by atoms with Gasteiger partial charge in [-0.25, -0.2) is 0 Å². The second-order valence-electron chi connectivity index (χ2n) is 3.79. The van der Waals surface area contributed by atoms with Crippen LogP contribution in [0.25, 0.3) is 0 Å². The van der Waals surface area contributed by atoms with E-state index in [1.807, 2.05) is 24.3 Å². The number of hydrogen-bond donors (Lipinski definition) is 0. The zero-order chi connectivity index (χ0) is 12.0. The summed E-state index contributed by atoms with van der Waals surface area (Å²) in [4.78, 5) is 21.5. The van der Waals surface area contributed by atoms with Crippen molar-refractivity contribution in [3.63, 3.8) is 0 Å². The molecule has 1 aromatic carbocycles. The minimum Gasteiger partial charge on any atom is -0.466 e. The van der Waals surface area contributed by atoms with Crippen molar-refractivity contribution >= 4 is 11.8 Å². The Balaban J connectivity index is 2.53. The van der Waals surface area contributed by atoms with E-state index in [1.165, 1.54) is 6.92 Å². The highest BCUT2D eigenvalue weighted by molar-refractivity contribution is 5.78. The zero-order valence-electron chi connectivity index (χ0n) is 9.66. The van der Waals surface area contributed by atoms with Gasteiger partial charge in [-0.3, -0.25) is 9.59 Å². The fourth-order valence-electron chi connectivity index (χ4n) is 1.50. The van der Waals surface area contributed by atoms with Gasteiger partial charge < -0.3 is 4.74 Å². The Morgan fingerprint density at radius 2 is 1.88 bits per heavy atom. The largest absolute Gasteiger partial charge is 0.466 e. The Morgan fingerprint density at radius 3 is 2.50 bits per heavy atom. The van der Waals surface area contributed by atoms with Crippen LogP contribution in [-0.4, -0.2) is 18.4 Å². The predicted octanol–water partition coefficient (Wildman–Crippen LogP) is 1.92. The summed E-state index contributed by atoms with van der Waals surface area (Å²) in [7, 11) is 0. The third kappa shape index (κ3) is 4.73. The Kier molecular flexibility index (Phi) is 4.70. The maximum Gasteiger partial charge on any atom is 0.302 e. The lowest BCUT2D eigenvalue weighted by atomic mass is 10.0. The molecule has 0 unspecified atom stereocenters. The van der Waals surface area contributed by atoms with E-state index >= 15 is 0 Å². The first-order valence-electron chi connectivity index (χ1n) is 5.28. The lowest BCUT2D eigenvalue weighted by molar-refractivity contribution is -0.140. The Labute approximate surface area is 95.4 Å². The molecule has 0 fully saturated rings. The molecule has 0 bridgehead atoms. The van der Waals surface area contributed by atoms with Crippen LogP contribution >= 0.6 is 0 Å². The van der Waals surface area contributed by atoms with E-state index < -0.39 is 0 Å². The Morgan fingerprint density at radius 1 is 1.19 bits per heavy atom. The fourth-order valence-corrected chi connectivity index (χ4v) is 1.50. The van der Waals surface area contributed by atoms with E-state index in [9.17, 15) is 9.59 Å². The van der Waals surface area contributed by atoms with Gasteiger partial charge in [0.1, 0.15) is 5.78 Å². The van der Waals surface area contributed by atoms with Gasteiger partial charge in [0.05, 0.1) is 6.61 Å². The van der Waals surface area contributed by atoms with Crippen LogP contribution in [0.1, 0.15) is 25.0 Å². The van der Waals surface area contributed by atoms with E-state index in [4.69, 9.17) is 4.74 Å². The average Bonchev–Trinajstić information content (AvgIpc) is 2.16. The van der Waals surface area contributed by atoms with Crippen LogP contribution in [0.2, 0.25) is 0 Å². The maximum atomic E-state index is 11.0. The summed E-state index contributed by atoms with van der Waals surface area (Å²) >= 11 is 0. The number of rotatable bonds is 5. The number of esters is 1. The monoisotopic (exact) mass is 220 g/mol. The molecule has 86 valence electrons. The lowest BCUT2D eigenvalue weighted by Gasteiger charge is -2.04. The second-order valence-corrected chi connectivity index (χ2v) is 3.79. The molecule has 0 amide bonds. The molecule has 0 aliphatic heterocycles. The number of Topliss-reactive ketones (excluding diaryl/α,β-unsaturated/α-hetero) is 1. The molecule has 0 saturated carbocycles. The number of carbonyl (C=O) groups is 2. The predicted molar refractivity (Wildman–Crippen MR) is 61.2 cm³/mol. The third-order valence-electron chi connectivity index (χ3n) is 2.14. The number of benzene rings is 1. The van der Waals surface area contributed by atoms with Gasteiger partial charge >= 0.3 is 5.97 Å². The first-order chi connectivity index (χ1) is 7.58. The molecule has 0 aromatic heterocycles. The van der Waals surface area contributed by atoms with Crippen molar-refractivity contribution in [3.8, 4) is 0 Å². The lowest BCUT2D eigenvalue weighted by Crippen LogP contribution is -2.04. The Bertz CT molecular complexity index is 383. The molecule has 3 heteroatoms. The zero-order valence-corrected chi connectivity index (χ0v) is 9.66. The highest BCUT2D eigenvalue weighted by Gasteiger charge is 2.00. The molecule has 0 aliphatic rings. The molecule has 0 radical (unpaired) electrons. The van der Waals surface area contributed by atoms with Gasteiger partial charge in [-0.05, 0) is 18.1 Å². The van der Waals surface area contributed by atoms with Crippen molar-refractivity contribution in [3.05, 3.63) is 35.4 Å². The topological polar surface area (TPSA) is 43.4 Å². The van der Waals surface area contributed by atoms with Crippen molar-refractivity contribution in [1.29, 1.82) is 0 Å². The van der Waals surface area contributed by atoms with Crippen molar-refractivity contribution in [1.82, 2.24) is 0 Å². The summed E-state index contributed by atoms with van der Waals surface area (Å²) in [6.07, 6.45) is 1.15. The average molecular weight is 220 g/mol. The standard InChI is InChI=1S/C13H16O3/c1-10(14)8-13-5-3-4-12(9-13)6-7-16-11(2)15/h3-5,9H,6-8H2,1-2H3. The molecule has 0 atom stereocenters. The van der Waals surface area contributed by atoms with Gasteiger partial charge in [0, 0.05) is 19.8 Å². The minimum atomic E-state index is -0.264. The van der Waals surface area contributed by atoms with Gasteiger partial charge in [0.15, 0.2) is 0 Å². The van der Waals surface area contributed by atoms with Crippen LogP contribution in [0, 0.1) is 0 Å². The van der Waals surface area contributed by atoms with Gasteiger partial charge in [0.2, 0.25) is 0 Å². The maximum absolute atomic E-state index is 11.0. The summed E-state index contributed by atoms with van der Waals surface area (Å²) in [5.41, 5.74) is 2.09. The Hall–Kier alpha value is -1.64. The highest BCUT2D eigenvalue weighted by Crippen LogP contribution is 2.07. The SMILES string of the molecule is CC(=O)Cc1cccc(CCOC(C)=O)c1. The quantitative estimate of drug-likeness (QED) is 0.712. The molecule has 1 aromatic rings. The van der Waals surface area contributed by atoms with Crippen LogP contribution in [0.4, 0.5) is 0 Å². The number of hydrogen-bond acceptors (Lipinski definition) is 3. The molecule has 0 saturated heterocycles. The van der Waals surface area contributed by atoms with E-state index in [0.717, 1.165) is 11.1 Å². The molecule has 16 heavy (non-hydrogen) atoms. The first kappa shape index (κ1) is 12.4. The van der Waals surface area contributed by atoms with Gasteiger partial charge in [0.25, 0.3) is 0 Å². The molecule has 0 N–H and O–H groups in total. The molecule has 3 nitrogen and oxygen atoms in total. The minimum absolute atomic E-state index is 0.150. The van der Waals surface area contributed by atoms with Crippen molar-refractivity contribution in [2.24, 2.45) is 0 Å². The van der Waals surface area contributed by atoms with Gasteiger partial charge in [-0.1, -0.05) is 24.3 Å². The molecule has 0 spiro atoms. The number of carbonyl (C=O) groups excluding carboxylic acids is 2. The summed E-state index contributed by atoms with van der Waals surface area (Å²) in [6.45, 7) is 3.36. The number of ketones is 1. The molecule has 0 aliphatic carbocycles. The third-order valence-corrected chi connectivity index (χ3v) is 2.14. The summed E-state index contributed by atoms with van der Waals surface area (Å²) in [5.74, 6) is -0.114. The van der Waals surface area contributed by atoms with E-state index in [2.05, 4.69) is 0 Å². The summed E-state index contributed by atoms with van der Waals surface area (Å²) < 4.78 is 4.86. The fraction of sp³-hybridized carbons (Fsp3) is 0.385. The van der Waals surface area contributed by atoms with Crippen LogP contribution in [0.3, 0.4) is 0 Å². The highest BCUT2D eigenvalue weighted by atomic mass is 16.5. The van der Waals surface area contributed by atoms with E-state index in [0.29, 0.717) is 19.4 Å². The second kappa shape index (κ2) is 6.05. The first-order valence-corrected chi connectivity index (χ1v) is 5.28.